The van der Waals surface area contributed by atoms with Crippen LogP contribution in [0.4, 0.5) is 0 Å². The average Bonchev–Trinajstić information content (AvgIpc) is 2.54. The van der Waals surface area contributed by atoms with E-state index in [2.05, 4.69) is 22.0 Å². The zero-order chi connectivity index (χ0) is 10.1. The number of hydrogen-bond donors (Lipinski definition) is 0. The minimum absolute atomic E-state index is 0.479. The van der Waals surface area contributed by atoms with Crippen LogP contribution in [0.1, 0.15) is 15.2 Å². The molecule has 0 aliphatic carbocycles. The van der Waals surface area contributed by atoms with Crippen LogP contribution in [0, 0.1) is 11.3 Å². The number of halogens is 1. The highest BCUT2D eigenvalue weighted by molar-refractivity contribution is 9.10. The summed E-state index contributed by atoms with van der Waals surface area (Å²) in [6, 6.07) is 7.68. The first-order valence-corrected chi connectivity index (χ1v) is 5.44. The first-order chi connectivity index (χ1) is 6.76. The largest absolute Gasteiger partial charge is 0.297 e. The molecule has 2 nitrogen and oxygen atoms in total. The number of nitrogens with zero attached hydrogens (tertiary/aromatic N) is 1. The summed E-state index contributed by atoms with van der Waals surface area (Å²) in [5.41, 5.74) is 0.479. The van der Waals surface area contributed by atoms with E-state index >= 15 is 0 Å². The molecule has 0 amide bonds. The lowest BCUT2D eigenvalue weighted by Gasteiger charge is -1.90. The molecule has 0 saturated carbocycles. The van der Waals surface area contributed by atoms with Crippen molar-refractivity contribution >= 4 is 43.6 Å². The lowest BCUT2D eigenvalue weighted by molar-refractivity contribution is 0.112. The van der Waals surface area contributed by atoms with E-state index in [-0.39, 0.29) is 0 Å². The van der Waals surface area contributed by atoms with E-state index in [0.717, 1.165) is 20.8 Å². The van der Waals surface area contributed by atoms with Crippen LogP contribution in [0.2, 0.25) is 0 Å². The maximum absolute atomic E-state index is 10.7. The Morgan fingerprint density at radius 1 is 1.50 bits per heavy atom. The number of rotatable bonds is 1. The van der Waals surface area contributed by atoms with E-state index in [1.54, 1.807) is 0 Å². The molecule has 0 atom stereocenters. The van der Waals surface area contributed by atoms with Crippen molar-refractivity contribution < 1.29 is 4.79 Å². The number of aldehydes is 1. The fourth-order valence-corrected chi connectivity index (χ4v) is 2.81. The highest BCUT2D eigenvalue weighted by Crippen LogP contribution is 2.31. The molecule has 14 heavy (non-hydrogen) atoms. The molecule has 0 spiro atoms. The van der Waals surface area contributed by atoms with Crippen LogP contribution >= 0.6 is 27.3 Å². The van der Waals surface area contributed by atoms with Crippen molar-refractivity contribution in [1.82, 2.24) is 0 Å². The topological polar surface area (TPSA) is 40.9 Å². The third-order valence-corrected chi connectivity index (χ3v) is 3.47. The third kappa shape index (κ3) is 1.35. The van der Waals surface area contributed by atoms with E-state index in [1.807, 2.05) is 18.2 Å². The second-order valence-corrected chi connectivity index (χ2v) is 4.71. The molecule has 0 radical (unpaired) electrons. The molecule has 1 aromatic carbocycles. The molecule has 0 aliphatic heterocycles. The van der Waals surface area contributed by atoms with E-state index in [0.29, 0.717) is 10.4 Å². The molecule has 0 unspecified atom stereocenters. The van der Waals surface area contributed by atoms with Crippen molar-refractivity contribution in [2.75, 3.05) is 0 Å². The normalized spacial score (nSPS) is 10.0. The molecule has 68 valence electrons. The van der Waals surface area contributed by atoms with Crippen LogP contribution in [-0.4, -0.2) is 6.29 Å². The molecule has 1 aromatic heterocycles. The second kappa shape index (κ2) is 3.52. The maximum Gasteiger partial charge on any atom is 0.161 e. The van der Waals surface area contributed by atoms with Crippen LogP contribution in [-0.2, 0) is 0 Å². The standard InChI is InChI=1S/C10H4BrNOS/c11-6-1-2-7-8(4-12)10(5-13)14-9(7)3-6/h1-3,5H. The number of fused-ring (bicyclic) bond motifs is 1. The predicted octanol–water partition coefficient (Wildman–Crippen LogP) is 3.35. The average molecular weight is 266 g/mol. The van der Waals surface area contributed by atoms with Gasteiger partial charge in [-0.05, 0) is 12.1 Å². The monoisotopic (exact) mass is 265 g/mol. The molecule has 4 heteroatoms. The Balaban J connectivity index is 2.88. The SMILES string of the molecule is N#Cc1c(C=O)sc2cc(Br)ccc12. The summed E-state index contributed by atoms with van der Waals surface area (Å²) < 4.78 is 1.91. The van der Waals surface area contributed by atoms with Gasteiger partial charge in [-0.15, -0.1) is 11.3 Å². The van der Waals surface area contributed by atoms with Crippen LogP contribution in [0.5, 0.6) is 0 Å². The minimum Gasteiger partial charge on any atom is -0.297 e. The van der Waals surface area contributed by atoms with Crippen molar-refractivity contribution in [3.63, 3.8) is 0 Å². The van der Waals surface area contributed by atoms with Crippen molar-refractivity contribution in [1.29, 1.82) is 5.26 Å². The van der Waals surface area contributed by atoms with Crippen LogP contribution in [0.3, 0.4) is 0 Å². The van der Waals surface area contributed by atoms with Gasteiger partial charge in [0.05, 0.1) is 10.4 Å². The molecule has 0 N–H and O–H groups in total. The number of benzene rings is 1. The molecule has 0 fully saturated rings. The Labute approximate surface area is 92.9 Å². The highest BCUT2D eigenvalue weighted by Gasteiger charge is 2.10. The summed E-state index contributed by atoms with van der Waals surface area (Å²) >= 11 is 4.69. The number of carbonyl (C=O) groups excluding carboxylic acids is 1. The van der Waals surface area contributed by atoms with E-state index < -0.39 is 0 Å². The fraction of sp³-hybridized carbons (Fsp3) is 0. The summed E-state index contributed by atoms with van der Waals surface area (Å²) in [5, 5.41) is 9.74. The Morgan fingerprint density at radius 2 is 2.29 bits per heavy atom. The Morgan fingerprint density at radius 3 is 2.93 bits per heavy atom. The van der Waals surface area contributed by atoms with E-state index in [1.165, 1.54) is 11.3 Å². The first kappa shape index (κ1) is 9.38. The summed E-state index contributed by atoms with van der Waals surface area (Å²) in [4.78, 5) is 11.2. The van der Waals surface area contributed by atoms with Crippen LogP contribution in [0.25, 0.3) is 10.1 Å². The molecule has 2 aromatic rings. The summed E-state index contributed by atoms with van der Waals surface area (Å²) in [5.74, 6) is 0. The summed E-state index contributed by atoms with van der Waals surface area (Å²) in [6.45, 7) is 0. The Kier molecular flexibility index (Phi) is 2.36. The second-order valence-electron chi connectivity index (χ2n) is 2.71. The fourth-order valence-electron chi connectivity index (χ4n) is 1.29. The Hall–Kier alpha value is -1.18. The summed E-state index contributed by atoms with van der Waals surface area (Å²) in [6.07, 6.45) is 0.733. The van der Waals surface area contributed by atoms with Crippen molar-refractivity contribution in [3.05, 3.63) is 33.1 Å². The van der Waals surface area contributed by atoms with Gasteiger partial charge in [-0.1, -0.05) is 22.0 Å². The van der Waals surface area contributed by atoms with Gasteiger partial charge < -0.3 is 0 Å². The molecule has 0 saturated heterocycles. The maximum atomic E-state index is 10.7. The van der Waals surface area contributed by atoms with Crippen molar-refractivity contribution in [2.45, 2.75) is 0 Å². The number of nitriles is 1. The van der Waals surface area contributed by atoms with Crippen LogP contribution in [0.15, 0.2) is 22.7 Å². The lowest BCUT2D eigenvalue weighted by Crippen LogP contribution is -1.77. The van der Waals surface area contributed by atoms with Gasteiger partial charge in [0.25, 0.3) is 0 Å². The number of carbonyl (C=O) groups is 1. The lowest BCUT2D eigenvalue weighted by atomic mass is 10.1. The molecule has 2 rings (SSSR count). The number of hydrogen-bond acceptors (Lipinski definition) is 3. The first-order valence-electron chi connectivity index (χ1n) is 3.83. The van der Waals surface area contributed by atoms with Gasteiger partial charge in [0, 0.05) is 14.6 Å². The quantitative estimate of drug-likeness (QED) is 0.742. The van der Waals surface area contributed by atoms with Gasteiger partial charge in [0.2, 0.25) is 0 Å². The van der Waals surface area contributed by atoms with Gasteiger partial charge in [0.1, 0.15) is 6.07 Å². The van der Waals surface area contributed by atoms with Gasteiger partial charge in [0.15, 0.2) is 6.29 Å². The van der Waals surface area contributed by atoms with E-state index in [4.69, 9.17) is 5.26 Å². The van der Waals surface area contributed by atoms with Crippen LogP contribution < -0.4 is 0 Å². The van der Waals surface area contributed by atoms with Crippen molar-refractivity contribution in [2.24, 2.45) is 0 Å². The zero-order valence-corrected chi connectivity index (χ0v) is 9.35. The highest BCUT2D eigenvalue weighted by atomic mass is 79.9. The summed E-state index contributed by atoms with van der Waals surface area (Å²) in [7, 11) is 0. The van der Waals surface area contributed by atoms with Gasteiger partial charge in [-0.3, -0.25) is 4.79 Å². The van der Waals surface area contributed by atoms with Gasteiger partial charge >= 0.3 is 0 Å². The van der Waals surface area contributed by atoms with Gasteiger partial charge in [-0.2, -0.15) is 5.26 Å². The minimum atomic E-state index is 0.479. The molecule has 0 bridgehead atoms. The third-order valence-electron chi connectivity index (χ3n) is 1.90. The Bertz CT molecular complexity index is 553. The predicted molar refractivity (Wildman–Crippen MR) is 59.6 cm³/mol. The molecule has 0 aliphatic rings. The molecule has 1 heterocycles. The van der Waals surface area contributed by atoms with E-state index in [9.17, 15) is 4.79 Å². The molecular formula is C10H4BrNOS. The van der Waals surface area contributed by atoms with Crippen molar-refractivity contribution in [3.8, 4) is 6.07 Å². The van der Waals surface area contributed by atoms with Gasteiger partial charge in [-0.25, -0.2) is 0 Å². The zero-order valence-electron chi connectivity index (χ0n) is 6.95. The smallest absolute Gasteiger partial charge is 0.161 e. The molecular weight excluding hydrogens is 262 g/mol. The number of thiophene rings is 1.